The topological polar surface area (TPSA) is 58.2 Å². The minimum atomic E-state index is -0.274. The summed E-state index contributed by atoms with van der Waals surface area (Å²) >= 11 is 0. The zero-order valence-corrected chi connectivity index (χ0v) is 14.6. The highest BCUT2D eigenvalue weighted by Crippen LogP contribution is 2.17. The molecular formula is C19H30N2O2. The lowest BCUT2D eigenvalue weighted by molar-refractivity contribution is -0.123. The molecule has 128 valence electrons. The first-order valence-electron chi connectivity index (χ1n) is 8.65. The Morgan fingerprint density at radius 2 is 1.83 bits per heavy atom. The molecule has 2 unspecified atom stereocenters. The van der Waals surface area contributed by atoms with Gasteiger partial charge in [-0.25, -0.2) is 0 Å². The Morgan fingerprint density at radius 3 is 2.39 bits per heavy atom. The summed E-state index contributed by atoms with van der Waals surface area (Å²) in [6, 6.07) is 9.35. The average Bonchev–Trinajstić information content (AvgIpc) is 2.55. The molecule has 1 aromatic carbocycles. The average molecular weight is 318 g/mol. The molecule has 0 aromatic heterocycles. The van der Waals surface area contributed by atoms with Crippen LogP contribution >= 0.6 is 0 Å². The number of rotatable bonds is 10. The van der Waals surface area contributed by atoms with Crippen molar-refractivity contribution in [2.24, 2.45) is 5.92 Å². The highest BCUT2D eigenvalue weighted by atomic mass is 16.2. The van der Waals surface area contributed by atoms with E-state index in [1.807, 2.05) is 30.3 Å². The van der Waals surface area contributed by atoms with Gasteiger partial charge in [-0.05, 0) is 17.9 Å². The second-order valence-corrected chi connectivity index (χ2v) is 6.09. The van der Waals surface area contributed by atoms with Crippen LogP contribution in [0.5, 0.6) is 0 Å². The minimum absolute atomic E-state index is 0.0115. The summed E-state index contributed by atoms with van der Waals surface area (Å²) in [6.07, 6.45) is 4.89. The Labute approximate surface area is 140 Å². The predicted molar refractivity (Wildman–Crippen MR) is 93.9 cm³/mol. The number of hydrogen-bond acceptors (Lipinski definition) is 2. The van der Waals surface area contributed by atoms with E-state index in [1.54, 1.807) is 0 Å². The van der Waals surface area contributed by atoms with Gasteiger partial charge in [-0.1, -0.05) is 63.4 Å². The number of unbranched alkanes of at least 4 members (excludes halogenated alkanes) is 1. The van der Waals surface area contributed by atoms with Crippen molar-refractivity contribution in [3.05, 3.63) is 35.9 Å². The van der Waals surface area contributed by atoms with Gasteiger partial charge in [0.2, 0.25) is 11.8 Å². The van der Waals surface area contributed by atoms with Gasteiger partial charge in [0.1, 0.15) is 0 Å². The van der Waals surface area contributed by atoms with Crippen LogP contribution in [-0.4, -0.2) is 18.4 Å². The third kappa shape index (κ3) is 7.82. The van der Waals surface area contributed by atoms with Crippen molar-refractivity contribution < 1.29 is 9.59 Å². The molecule has 2 amide bonds. The first-order valence-corrected chi connectivity index (χ1v) is 8.65. The number of hydrogen-bond donors (Lipinski definition) is 2. The van der Waals surface area contributed by atoms with Crippen LogP contribution in [0.3, 0.4) is 0 Å². The number of amides is 2. The molecule has 2 atom stereocenters. The van der Waals surface area contributed by atoms with Crippen molar-refractivity contribution in [2.45, 2.75) is 58.9 Å². The van der Waals surface area contributed by atoms with Gasteiger partial charge in [0.05, 0.1) is 12.5 Å². The number of carbonyl (C=O) groups excluding carboxylic acids is 2. The predicted octanol–water partition coefficient (Wildman–Crippen LogP) is 3.59. The summed E-state index contributed by atoms with van der Waals surface area (Å²) in [5.74, 6) is 0.401. The second-order valence-electron chi connectivity index (χ2n) is 6.09. The maximum Gasteiger partial charge on any atom is 0.222 e. The van der Waals surface area contributed by atoms with E-state index in [2.05, 4.69) is 24.5 Å². The van der Waals surface area contributed by atoms with Gasteiger partial charge in [0.25, 0.3) is 0 Å². The van der Waals surface area contributed by atoms with E-state index < -0.39 is 0 Å². The van der Waals surface area contributed by atoms with Gasteiger partial charge in [0, 0.05) is 13.5 Å². The van der Waals surface area contributed by atoms with Crippen molar-refractivity contribution >= 4 is 11.8 Å². The Kier molecular flexibility index (Phi) is 9.03. The summed E-state index contributed by atoms with van der Waals surface area (Å²) in [5.41, 5.74) is 0.955. The first kappa shape index (κ1) is 19.2. The van der Waals surface area contributed by atoms with E-state index in [9.17, 15) is 9.59 Å². The Balaban J connectivity index is 2.55. The van der Waals surface area contributed by atoms with Crippen LogP contribution in [0, 0.1) is 5.92 Å². The van der Waals surface area contributed by atoms with Gasteiger partial charge in [-0.15, -0.1) is 0 Å². The Hall–Kier alpha value is -1.84. The van der Waals surface area contributed by atoms with Gasteiger partial charge in [-0.2, -0.15) is 0 Å². The lowest BCUT2D eigenvalue weighted by Gasteiger charge is -2.20. The van der Waals surface area contributed by atoms with Crippen LogP contribution in [0.15, 0.2) is 30.3 Å². The maximum atomic E-state index is 12.2. The molecule has 1 aromatic rings. The minimum Gasteiger partial charge on any atom is -0.356 e. The van der Waals surface area contributed by atoms with E-state index in [0.717, 1.165) is 24.9 Å². The van der Waals surface area contributed by atoms with Gasteiger partial charge in [0.15, 0.2) is 0 Å². The quantitative estimate of drug-likeness (QED) is 0.692. The molecule has 4 heteroatoms. The van der Waals surface area contributed by atoms with Crippen LogP contribution in [0.4, 0.5) is 0 Å². The van der Waals surface area contributed by atoms with Crippen LogP contribution in [0.1, 0.15) is 64.5 Å². The van der Waals surface area contributed by atoms with Crippen LogP contribution in [-0.2, 0) is 9.59 Å². The van der Waals surface area contributed by atoms with Crippen LogP contribution in [0.2, 0.25) is 0 Å². The largest absolute Gasteiger partial charge is 0.356 e. The first-order chi connectivity index (χ1) is 11.1. The highest BCUT2D eigenvalue weighted by Gasteiger charge is 2.17. The van der Waals surface area contributed by atoms with Gasteiger partial charge in [-0.3, -0.25) is 9.59 Å². The molecule has 0 spiro atoms. The number of nitrogens with one attached hydrogen (secondary N) is 2. The van der Waals surface area contributed by atoms with E-state index in [0.29, 0.717) is 5.92 Å². The molecule has 23 heavy (non-hydrogen) atoms. The summed E-state index contributed by atoms with van der Waals surface area (Å²) in [5, 5.41) is 5.89. The fourth-order valence-corrected chi connectivity index (χ4v) is 2.64. The van der Waals surface area contributed by atoms with Crippen LogP contribution < -0.4 is 10.6 Å². The smallest absolute Gasteiger partial charge is 0.222 e. The molecule has 0 aliphatic carbocycles. The zero-order valence-electron chi connectivity index (χ0n) is 14.6. The third-order valence-electron chi connectivity index (χ3n) is 4.10. The zero-order chi connectivity index (χ0) is 17.1. The molecule has 0 saturated heterocycles. The lowest BCUT2D eigenvalue weighted by Crippen LogP contribution is -2.34. The molecule has 0 saturated carbocycles. The molecule has 0 bridgehead atoms. The molecule has 0 aliphatic rings. The van der Waals surface area contributed by atoms with Crippen molar-refractivity contribution in [2.75, 3.05) is 6.54 Å². The highest BCUT2D eigenvalue weighted by molar-refractivity contribution is 5.79. The van der Waals surface area contributed by atoms with Crippen molar-refractivity contribution in [1.82, 2.24) is 10.6 Å². The molecular weight excluding hydrogens is 288 g/mol. The second kappa shape index (κ2) is 10.8. The van der Waals surface area contributed by atoms with Crippen LogP contribution in [0.25, 0.3) is 0 Å². The summed E-state index contributed by atoms with van der Waals surface area (Å²) < 4.78 is 0. The Bertz CT molecular complexity index is 474. The fraction of sp³-hybridized carbons (Fsp3) is 0.579. The Morgan fingerprint density at radius 1 is 1.13 bits per heavy atom. The molecule has 1 rings (SSSR count). The molecule has 2 N–H and O–H groups in total. The molecule has 4 nitrogen and oxygen atoms in total. The van der Waals surface area contributed by atoms with Gasteiger partial charge < -0.3 is 10.6 Å². The summed E-state index contributed by atoms with van der Waals surface area (Å²) in [6.45, 7) is 6.54. The molecule has 0 fully saturated rings. The van der Waals surface area contributed by atoms with E-state index >= 15 is 0 Å². The maximum absolute atomic E-state index is 12.2. The van der Waals surface area contributed by atoms with E-state index in [1.165, 1.54) is 19.8 Å². The molecule has 0 aliphatic heterocycles. The standard InChI is InChI=1S/C19H30N2O2/c1-4-6-10-16(5-2)14-20-19(23)13-18(21-15(3)22)17-11-8-7-9-12-17/h7-9,11-12,16,18H,4-6,10,13-14H2,1-3H3,(H,20,23)(H,21,22). The monoisotopic (exact) mass is 318 g/mol. The van der Waals surface area contributed by atoms with E-state index in [-0.39, 0.29) is 24.3 Å². The molecule has 0 radical (unpaired) electrons. The van der Waals surface area contributed by atoms with Gasteiger partial charge >= 0.3 is 0 Å². The third-order valence-corrected chi connectivity index (χ3v) is 4.10. The lowest BCUT2D eigenvalue weighted by atomic mass is 9.99. The molecule has 0 heterocycles. The van der Waals surface area contributed by atoms with Crippen molar-refractivity contribution in [1.29, 1.82) is 0 Å². The fourth-order valence-electron chi connectivity index (χ4n) is 2.64. The summed E-state index contributed by atoms with van der Waals surface area (Å²) in [7, 11) is 0. The number of benzene rings is 1. The normalized spacial score (nSPS) is 13.2. The summed E-state index contributed by atoms with van der Waals surface area (Å²) in [4.78, 5) is 23.6. The SMILES string of the molecule is CCCCC(CC)CNC(=O)CC(NC(C)=O)c1ccccc1. The van der Waals surface area contributed by atoms with Crippen molar-refractivity contribution in [3.63, 3.8) is 0 Å². The van der Waals surface area contributed by atoms with Crippen molar-refractivity contribution in [3.8, 4) is 0 Å². The number of carbonyl (C=O) groups is 2. The van der Waals surface area contributed by atoms with E-state index in [4.69, 9.17) is 0 Å².